The van der Waals surface area contributed by atoms with E-state index in [4.69, 9.17) is 9.68 Å². The third-order valence-corrected chi connectivity index (χ3v) is 4.55. The van der Waals surface area contributed by atoms with E-state index < -0.39 is 0 Å². The summed E-state index contributed by atoms with van der Waals surface area (Å²) in [7, 11) is 0. The van der Waals surface area contributed by atoms with Crippen LogP contribution in [0.25, 0.3) is 32.5 Å². The minimum Gasteiger partial charge on any atom is -0.421 e. The van der Waals surface area contributed by atoms with Gasteiger partial charge in [0.05, 0.1) is 4.88 Å². The predicted molar refractivity (Wildman–Crippen MR) is 87.9 cm³/mol. The highest BCUT2D eigenvalue weighted by atomic mass is 32.1. The lowest BCUT2D eigenvalue weighted by atomic mass is 10.1. The molecule has 24 heavy (non-hydrogen) atoms. The number of benzene rings is 1. The van der Waals surface area contributed by atoms with Gasteiger partial charge in [0.1, 0.15) is 11.8 Å². The standard InChI is InChI=1S/C16H10N6OS/c1-9-18-21-16(23-9)11-4-2-3-10(7-11)13-5-6-14(24-13)15-12(8-17)19-22-20-15/h2-7H,1H3,(H,19,20,22). The normalized spacial score (nSPS) is 10.7. The van der Waals surface area contributed by atoms with Crippen molar-refractivity contribution in [2.45, 2.75) is 6.92 Å². The molecule has 0 fully saturated rings. The maximum absolute atomic E-state index is 9.07. The number of rotatable bonds is 3. The van der Waals surface area contributed by atoms with Crippen LogP contribution in [-0.4, -0.2) is 25.6 Å². The molecule has 0 aliphatic carbocycles. The van der Waals surface area contributed by atoms with Gasteiger partial charge in [0.15, 0.2) is 5.69 Å². The average Bonchev–Trinajstić information content (AvgIpc) is 3.34. The fraction of sp³-hybridized carbons (Fsp3) is 0.0625. The predicted octanol–water partition coefficient (Wildman–Crippen LogP) is 3.43. The number of H-pyrrole nitrogens is 1. The Kier molecular flexibility index (Phi) is 3.40. The van der Waals surface area contributed by atoms with Crippen molar-refractivity contribution in [2.24, 2.45) is 0 Å². The number of thiophene rings is 1. The number of aromatic amines is 1. The van der Waals surface area contributed by atoms with Gasteiger partial charge in [-0.3, -0.25) is 0 Å². The lowest BCUT2D eigenvalue weighted by molar-refractivity contribution is 0.533. The van der Waals surface area contributed by atoms with Crippen LogP contribution < -0.4 is 0 Å². The van der Waals surface area contributed by atoms with Crippen molar-refractivity contribution in [1.29, 1.82) is 5.26 Å². The lowest BCUT2D eigenvalue weighted by Gasteiger charge is -2.00. The summed E-state index contributed by atoms with van der Waals surface area (Å²) < 4.78 is 5.48. The monoisotopic (exact) mass is 334 g/mol. The maximum atomic E-state index is 9.07. The van der Waals surface area contributed by atoms with E-state index in [2.05, 4.69) is 25.6 Å². The highest BCUT2D eigenvalue weighted by Crippen LogP contribution is 2.35. The van der Waals surface area contributed by atoms with Crippen molar-refractivity contribution in [2.75, 3.05) is 0 Å². The summed E-state index contributed by atoms with van der Waals surface area (Å²) in [6, 6.07) is 13.8. The van der Waals surface area contributed by atoms with E-state index in [0.29, 0.717) is 23.2 Å². The van der Waals surface area contributed by atoms with Gasteiger partial charge in [-0.15, -0.1) is 26.6 Å². The molecule has 0 saturated carbocycles. The third-order valence-electron chi connectivity index (χ3n) is 3.41. The lowest BCUT2D eigenvalue weighted by Crippen LogP contribution is -1.79. The number of hydrogen-bond acceptors (Lipinski definition) is 7. The molecule has 4 aromatic rings. The van der Waals surface area contributed by atoms with E-state index >= 15 is 0 Å². The zero-order chi connectivity index (χ0) is 16.5. The van der Waals surface area contributed by atoms with Crippen molar-refractivity contribution in [1.82, 2.24) is 25.6 Å². The molecule has 0 aliphatic rings. The summed E-state index contributed by atoms with van der Waals surface area (Å²) in [5.41, 5.74) is 2.75. The zero-order valence-corrected chi connectivity index (χ0v) is 13.3. The molecule has 0 atom stereocenters. The van der Waals surface area contributed by atoms with Gasteiger partial charge in [-0.1, -0.05) is 12.1 Å². The number of nitriles is 1. The number of aryl methyl sites for hydroxylation is 1. The molecule has 0 radical (unpaired) electrons. The molecule has 0 unspecified atom stereocenters. The summed E-state index contributed by atoms with van der Waals surface area (Å²) in [4.78, 5) is 1.93. The molecular formula is C16H10N6OS. The van der Waals surface area contributed by atoms with E-state index in [1.54, 1.807) is 18.3 Å². The van der Waals surface area contributed by atoms with Gasteiger partial charge < -0.3 is 4.42 Å². The second-order valence-corrected chi connectivity index (χ2v) is 6.09. The number of nitrogens with zero attached hydrogens (tertiary/aromatic N) is 5. The summed E-state index contributed by atoms with van der Waals surface area (Å²) in [6.45, 7) is 1.76. The average molecular weight is 334 g/mol. The topological polar surface area (TPSA) is 104 Å². The second-order valence-electron chi connectivity index (χ2n) is 5.00. The van der Waals surface area contributed by atoms with Gasteiger partial charge in [-0.2, -0.15) is 15.6 Å². The summed E-state index contributed by atoms with van der Waals surface area (Å²) in [5.74, 6) is 1.03. The molecule has 8 heteroatoms. The minimum absolute atomic E-state index is 0.290. The number of nitrogens with one attached hydrogen (secondary N) is 1. The molecule has 4 rings (SSSR count). The zero-order valence-electron chi connectivity index (χ0n) is 12.5. The molecule has 0 amide bonds. The summed E-state index contributed by atoms with van der Waals surface area (Å²) in [5, 5.41) is 27.3. The second kappa shape index (κ2) is 5.72. The molecule has 0 aliphatic heterocycles. The van der Waals surface area contributed by atoms with Gasteiger partial charge >= 0.3 is 0 Å². The van der Waals surface area contributed by atoms with Crippen molar-refractivity contribution < 1.29 is 4.42 Å². The smallest absolute Gasteiger partial charge is 0.247 e. The van der Waals surface area contributed by atoms with Crippen LogP contribution in [0.3, 0.4) is 0 Å². The van der Waals surface area contributed by atoms with Crippen LogP contribution in [0.15, 0.2) is 40.8 Å². The van der Waals surface area contributed by atoms with Gasteiger partial charge in [0.25, 0.3) is 0 Å². The van der Waals surface area contributed by atoms with Gasteiger partial charge in [-0.05, 0) is 29.8 Å². The molecule has 7 nitrogen and oxygen atoms in total. The Balaban J connectivity index is 1.72. The van der Waals surface area contributed by atoms with Crippen LogP contribution in [0.5, 0.6) is 0 Å². The van der Waals surface area contributed by atoms with Crippen LogP contribution in [0.4, 0.5) is 0 Å². The van der Waals surface area contributed by atoms with E-state index in [0.717, 1.165) is 20.9 Å². The molecule has 3 aromatic heterocycles. The molecule has 0 saturated heterocycles. The molecular weight excluding hydrogens is 324 g/mol. The van der Waals surface area contributed by atoms with E-state index in [-0.39, 0.29) is 0 Å². The van der Waals surface area contributed by atoms with Crippen LogP contribution >= 0.6 is 11.3 Å². The maximum Gasteiger partial charge on any atom is 0.247 e. The van der Waals surface area contributed by atoms with Crippen molar-refractivity contribution in [3.05, 3.63) is 48.0 Å². The van der Waals surface area contributed by atoms with Gasteiger partial charge in [0, 0.05) is 17.4 Å². The van der Waals surface area contributed by atoms with Crippen LogP contribution in [0.2, 0.25) is 0 Å². The molecule has 1 aromatic carbocycles. The summed E-state index contributed by atoms with van der Waals surface area (Å²) in [6.07, 6.45) is 0. The highest BCUT2D eigenvalue weighted by Gasteiger charge is 2.14. The van der Waals surface area contributed by atoms with Crippen molar-refractivity contribution in [3.8, 4) is 38.5 Å². The van der Waals surface area contributed by atoms with Crippen LogP contribution in [0.1, 0.15) is 11.6 Å². The number of aromatic nitrogens is 5. The van der Waals surface area contributed by atoms with Gasteiger partial charge in [0.2, 0.25) is 11.8 Å². The molecule has 116 valence electrons. The minimum atomic E-state index is 0.290. The Morgan fingerprint density at radius 3 is 2.71 bits per heavy atom. The van der Waals surface area contributed by atoms with E-state index in [1.807, 2.05) is 42.5 Å². The SMILES string of the molecule is Cc1nnc(-c2cccc(-c3ccc(-c4n[nH]nc4C#N)s3)c2)o1. The molecule has 0 bridgehead atoms. The van der Waals surface area contributed by atoms with Gasteiger partial charge in [-0.25, -0.2) is 0 Å². The Morgan fingerprint density at radius 2 is 1.92 bits per heavy atom. The first kappa shape index (κ1) is 14.3. The fourth-order valence-corrected chi connectivity index (χ4v) is 3.31. The Hall–Kier alpha value is -3.31. The summed E-state index contributed by atoms with van der Waals surface area (Å²) >= 11 is 1.54. The Labute approximate surface area is 140 Å². The van der Waals surface area contributed by atoms with Crippen molar-refractivity contribution in [3.63, 3.8) is 0 Å². The van der Waals surface area contributed by atoms with Crippen molar-refractivity contribution >= 4 is 11.3 Å². The largest absolute Gasteiger partial charge is 0.421 e. The Morgan fingerprint density at radius 1 is 1.08 bits per heavy atom. The third kappa shape index (κ3) is 2.47. The van der Waals surface area contributed by atoms with Crippen LogP contribution in [-0.2, 0) is 0 Å². The highest BCUT2D eigenvalue weighted by molar-refractivity contribution is 7.18. The van der Waals surface area contributed by atoms with Crippen LogP contribution in [0, 0.1) is 18.3 Å². The first-order chi connectivity index (χ1) is 11.7. The molecule has 3 heterocycles. The van der Waals surface area contributed by atoms with E-state index in [9.17, 15) is 0 Å². The Bertz CT molecular complexity index is 1050. The molecule has 0 spiro atoms. The first-order valence-electron chi connectivity index (χ1n) is 7.06. The molecule has 1 N–H and O–H groups in total. The first-order valence-corrected chi connectivity index (χ1v) is 7.88. The quantitative estimate of drug-likeness (QED) is 0.615. The van der Waals surface area contributed by atoms with E-state index in [1.165, 1.54) is 0 Å². The fourth-order valence-electron chi connectivity index (χ4n) is 2.32. The number of hydrogen-bond donors (Lipinski definition) is 1.